The number of nitriles is 1. The number of hydrogen-bond donors (Lipinski definition) is 6. The van der Waals surface area contributed by atoms with Gasteiger partial charge in [-0.3, -0.25) is 9.69 Å². The van der Waals surface area contributed by atoms with Gasteiger partial charge in [0.25, 0.3) is 5.91 Å². The predicted molar refractivity (Wildman–Crippen MR) is 104 cm³/mol. The molecule has 0 spiro atoms. The molecule has 0 saturated carbocycles. The lowest BCUT2D eigenvalue weighted by molar-refractivity contribution is -0.377. The molecule has 0 bridgehead atoms. The molecule has 0 aromatic heterocycles. The number of amidine groups is 1. The van der Waals surface area contributed by atoms with Gasteiger partial charge >= 0.3 is 0 Å². The summed E-state index contributed by atoms with van der Waals surface area (Å²) in [5.74, 6) is -6.76. The zero-order valence-corrected chi connectivity index (χ0v) is 17.7. The first-order valence-corrected chi connectivity index (χ1v) is 9.92. The number of carbonyl (C=O) groups is 1. The minimum atomic E-state index is -3.02. The van der Waals surface area contributed by atoms with Gasteiger partial charge in [-0.25, -0.2) is 14.8 Å². The molecule has 0 aliphatic carbocycles. The Morgan fingerprint density at radius 1 is 1.40 bits per heavy atom. The van der Waals surface area contributed by atoms with Gasteiger partial charge in [-0.15, -0.1) is 0 Å². The van der Waals surface area contributed by atoms with Gasteiger partial charge in [0.05, 0.1) is 18.3 Å². The summed E-state index contributed by atoms with van der Waals surface area (Å²) in [5.41, 5.74) is 5.93. The SMILES string of the molecule is CCC1CC2C(N(C)C(CC)C(O)(O)N(C(=O)CC#N)C(C)(O)O)N2C(O)N=C1N. The normalized spacial score (nSPS) is 30.0. The lowest BCUT2D eigenvalue weighted by Crippen LogP contribution is -2.70. The van der Waals surface area contributed by atoms with Gasteiger partial charge in [0.1, 0.15) is 12.3 Å². The lowest BCUT2D eigenvalue weighted by Gasteiger charge is -2.47. The summed E-state index contributed by atoms with van der Waals surface area (Å²) in [4.78, 5) is 19.7. The van der Waals surface area contributed by atoms with Gasteiger partial charge < -0.3 is 31.3 Å². The van der Waals surface area contributed by atoms with Gasteiger partial charge in [-0.05, 0) is 26.3 Å². The Labute approximate surface area is 175 Å². The maximum atomic E-state index is 12.3. The van der Waals surface area contributed by atoms with E-state index in [2.05, 4.69) is 4.99 Å². The molecule has 1 amide bonds. The quantitative estimate of drug-likeness (QED) is 0.183. The highest BCUT2D eigenvalue weighted by molar-refractivity contribution is 5.83. The molecule has 2 aliphatic heterocycles. The molecule has 2 rings (SSSR count). The van der Waals surface area contributed by atoms with Crippen molar-refractivity contribution in [2.45, 2.75) is 82.9 Å². The largest absolute Gasteiger partial charge is 0.387 e. The van der Waals surface area contributed by atoms with Crippen LogP contribution >= 0.6 is 0 Å². The number of carbonyl (C=O) groups excluding carboxylic acids is 1. The van der Waals surface area contributed by atoms with Crippen LogP contribution in [0.1, 0.15) is 46.5 Å². The molecule has 1 saturated heterocycles. The third-order valence-corrected chi connectivity index (χ3v) is 5.89. The van der Waals surface area contributed by atoms with Gasteiger partial charge in [-0.1, -0.05) is 13.8 Å². The van der Waals surface area contributed by atoms with Gasteiger partial charge in [0.2, 0.25) is 18.2 Å². The molecular formula is C18H32N6O6. The Bertz CT molecular complexity index is 717. The summed E-state index contributed by atoms with van der Waals surface area (Å²) in [6.07, 6.45) is -0.971. The van der Waals surface area contributed by atoms with Crippen LogP contribution in [-0.4, -0.2) is 95.4 Å². The molecule has 2 heterocycles. The van der Waals surface area contributed by atoms with E-state index in [1.54, 1.807) is 29.8 Å². The highest BCUT2D eigenvalue weighted by Gasteiger charge is 2.60. The van der Waals surface area contributed by atoms with E-state index >= 15 is 0 Å². The molecule has 1 fully saturated rings. The van der Waals surface area contributed by atoms with Crippen molar-refractivity contribution in [1.82, 2.24) is 14.7 Å². The first-order valence-electron chi connectivity index (χ1n) is 9.92. The van der Waals surface area contributed by atoms with E-state index in [9.17, 15) is 30.3 Å². The summed E-state index contributed by atoms with van der Waals surface area (Å²) in [7, 11) is 1.58. The molecule has 170 valence electrons. The zero-order chi connectivity index (χ0) is 23.0. The Balaban J connectivity index is 2.32. The Morgan fingerprint density at radius 2 is 2.00 bits per heavy atom. The van der Waals surface area contributed by atoms with Gasteiger partial charge in [0, 0.05) is 18.9 Å². The molecule has 7 N–H and O–H groups in total. The van der Waals surface area contributed by atoms with Crippen LogP contribution in [0.3, 0.4) is 0 Å². The molecule has 0 aromatic carbocycles. The van der Waals surface area contributed by atoms with E-state index in [0.29, 0.717) is 12.3 Å². The third kappa shape index (κ3) is 4.42. The number of aliphatic hydroxyl groups excluding tert-OH is 1. The van der Waals surface area contributed by atoms with E-state index in [4.69, 9.17) is 11.0 Å². The minimum Gasteiger partial charge on any atom is -0.387 e. The maximum Gasteiger partial charge on any atom is 0.269 e. The molecule has 6 atom stereocenters. The molecule has 6 unspecified atom stereocenters. The zero-order valence-electron chi connectivity index (χ0n) is 17.7. The molecular weight excluding hydrogens is 396 g/mol. The second-order valence-electron chi connectivity index (χ2n) is 7.98. The van der Waals surface area contributed by atoms with Crippen LogP contribution in [0.15, 0.2) is 4.99 Å². The number of amides is 1. The van der Waals surface area contributed by atoms with Crippen LogP contribution in [-0.2, 0) is 4.79 Å². The minimum absolute atomic E-state index is 0.0342. The fourth-order valence-electron chi connectivity index (χ4n) is 4.46. The number of rotatable bonds is 8. The van der Waals surface area contributed by atoms with Crippen LogP contribution in [0.25, 0.3) is 0 Å². The Morgan fingerprint density at radius 3 is 2.47 bits per heavy atom. The standard InChI is InChI=1S/C18H32N6O6/c1-5-10-9-11-15(23(11)16(26)21-14(10)20)22(4)12(6-2)18(29,30)24(17(3,27)28)13(25)7-8-19/h10-12,15-16,26-30H,5-7,9H2,1-4H3,(H2,20,21). The van der Waals surface area contributed by atoms with Gasteiger partial charge in [-0.2, -0.15) is 5.26 Å². The third-order valence-electron chi connectivity index (χ3n) is 5.89. The van der Waals surface area contributed by atoms with Crippen LogP contribution in [0.5, 0.6) is 0 Å². The van der Waals surface area contributed by atoms with Crippen LogP contribution in [0.2, 0.25) is 0 Å². The van der Waals surface area contributed by atoms with E-state index < -0.39 is 42.7 Å². The number of likely N-dealkylation sites (N-methyl/N-ethyl adjacent to an activating group) is 1. The van der Waals surface area contributed by atoms with E-state index in [0.717, 1.165) is 13.3 Å². The second-order valence-corrected chi connectivity index (χ2v) is 7.98. The summed E-state index contributed by atoms with van der Waals surface area (Å²) >= 11 is 0. The van der Waals surface area contributed by atoms with E-state index in [-0.39, 0.29) is 23.3 Å². The molecule has 2 aliphatic rings. The average Bonchev–Trinajstić information content (AvgIpc) is 3.33. The Hall–Kier alpha value is -1.85. The van der Waals surface area contributed by atoms with Crippen molar-refractivity contribution >= 4 is 11.7 Å². The highest BCUT2D eigenvalue weighted by atomic mass is 16.6. The van der Waals surface area contributed by atoms with Gasteiger partial charge in [0.15, 0.2) is 0 Å². The van der Waals surface area contributed by atoms with Crippen molar-refractivity contribution in [3.8, 4) is 6.07 Å². The average molecular weight is 428 g/mol. The Kier molecular flexibility index (Phi) is 7.10. The summed E-state index contributed by atoms with van der Waals surface area (Å²) in [5, 5.41) is 60.9. The molecule has 12 nitrogen and oxygen atoms in total. The summed E-state index contributed by atoms with van der Waals surface area (Å²) in [6, 6.07) is 0.224. The number of aliphatic imine (C=N–C) groups is 1. The topological polar surface area (TPSA) is 190 Å². The predicted octanol–water partition coefficient (Wildman–Crippen LogP) is -2.19. The van der Waals surface area contributed by atoms with Crippen molar-refractivity contribution in [3.63, 3.8) is 0 Å². The van der Waals surface area contributed by atoms with Crippen LogP contribution in [0.4, 0.5) is 0 Å². The number of aliphatic hydroxyl groups is 5. The number of hydrogen-bond acceptors (Lipinski definition) is 11. The fraction of sp³-hybridized carbons (Fsp3) is 0.833. The van der Waals surface area contributed by atoms with Crippen molar-refractivity contribution in [1.29, 1.82) is 5.26 Å². The number of fused-ring (bicyclic) bond motifs is 1. The van der Waals surface area contributed by atoms with E-state index in [1.165, 1.54) is 0 Å². The second kappa shape index (κ2) is 8.72. The smallest absolute Gasteiger partial charge is 0.269 e. The van der Waals surface area contributed by atoms with Crippen molar-refractivity contribution in [2.75, 3.05) is 7.05 Å². The first-order chi connectivity index (χ1) is 13.8. The molecule has 12 heteroatoms. The van der Waals surface area contributed by atoms with Crippen molar-refractivity contribution in [3.05, 3.63) is 0 Å². The molecule has 0 radical (unpaired) electrons. The van der Waals surface area contributed by atoms with Crippen molar-refractivity contribution < 1.29 is 30.3 Å². The molecule has 0 aromatic rings. The van der Waals surface area contributed by atoms with E-state index in [1.807, 2.05) is 6.92 Å². The summed E-state index contributed by atoms with van der Waals surface area (Å²) < 4.78 is 0. The monoisotopic (exact) mass is 428 g/mol. The maximum absolute atomic E-state index is 12.3. The van der Waals surface area contributed by atoms with Crippen LogP contribution in [0, 0.1) is 17.2 Å². The molecule has 30 heavy (non-hydrogen) atoms. The first kappa shape index (κ1) is 24.4. The van der Waals surface area contributed by atoms with Crippen molar-refractivity contribution in [2.24, 2.45) is 16.6 Å². The fourth-order valence-corrected chi connectivity index (χ4v) is 4.46. The van der Waals surface area contributed by atoms with Crippen LogP contribution < -0.4 is 5.73 Å². The highest BCUT2D eigenvalue weighted by Crippen LogP contribution is 2.42. The number of nitrogens with zero attached hydrogens (tertiary/aromatic N) is 5. The lowest BCUT2D eigenvalue weighted by atomic mass is 9.98. The summed E-state index contributed by atoms with van der Waals surface area (Å²) in [6.45, 7) is 4.39. The number of nitrogens with two attached hydrogens (primary N) is 1.